The smallest absolute Gasteiger partial charge is 0.292 e. The zero-order chi connectivity index (χ0) is 21.8. The Kier molecular flexibility index (Phi) is 4.56. The number of hydrogen-bond donors (Lipinski definition) is 1. The SMILES string of the molecule is CS(=O)(=O)N1CCC(n2cnc3ccc(-c4ccc5nc(N)oc5c4)cc3c2=O)CC1. The summed E-state index contributed by atoms with van der Waals surface area (Å²) >= 11 is 0. The van der Waals surface area contributed by atoms with Crippen LogP contribution in [-0.4, -0.2) is 46.6 Å². The fourth-order valence-electron chi connectivity index (χ4n) is 4.15. The van der Waals surface area contributed by atoms with Crippen molar-refractivity contribution in [3.63, 3.8) is 0 Å². The Morgan fingerprint density at radius 1 is 1.06 bits per heavy atom. The minimum Gasteiger partial charge on any atom is -0.424 e. The third-order valence-electron chi connectivity index (χ3n) is 5.81. The zero-order valence-electron chi connectivity index (χ0n) is 16.9. The highest BCUT2D eigenvalue weighted by molar-refractivity contribution is 7.88. The molecule has 1 saturated heterocycles. The molecule has 31 heavy (non-hydrogen) atoms. The van der Waals surface area contributed by atoms with E-state index < -0.39 is 10.0 Å². The topological polar surface area (TPSA) is 124 Å². The maximum atomic E-state index is 13.3. The van der Waals surface area contributed by atoms with Crippen molar-refractivity contribution in [1.29, 1.82) is 0 Å². The van der Waals surface area contributed by atoms with Crippen LogP contribution in [0.3, 0.4) is 0 Å². The molecule has 0 spiro atoms. The van der Waals surface area contributed by atoms with E-state index in [1.807, 2.05) is 36.4 Å². The van der Waals surface area contributed by atoms with E-state index in [2.05, 4.69) is 9.97 Å². The van der Waals surface area contributed by atoms with Gasteiger partial charge in [-0.15, -0.1) is 0 Å². The van der Waals surface area contributed by atoms with Crippen LogP contribution in [0.5, 0.6) is 0 Å². The molecule has 2 aromatic carbocycles. The molecule has 0 amide bonds. The van der Waals surface area contributed by atoms with Crippen LogP contribution in [0.2, 0.25) is 0 Å². The number of anilines is 1. The van der Waals surface area contributed by atoms with E-state index in [4.69, 9.17) is 10.2 Å². The first-order chi connectivity index (χ1) is 14.8. The van der Waals surface area contributed by atoms with Crippen molar-refractivity contribution in [3.05, 3.63) is 53.1 Å². The van der Waals surface area contributed by atoms with Gasteiger partial charge in [0.1, 0.15) is 5.52 Å². The number of aromatic nitrogens is 3. The van der Waals surface area contributed by atoms with Gasteiger partial charge in [0.25, 0.3) is 11.6 Å². The molecular formula is C21H21N5O4S. The Morgan fingerprint density at radius 2 is 1.74 bits per heavy atom. The molecule has 0 unspecified atom stereocenters. The number of nitrogen functional groups attached to an aromatic ring is 1. The number of benzene rings is 2. The number of nitrogens with two attached hydrogens (primary N) is 1. The van der Waals surface area contributed by atoms with Crippen molar-refractivity contribution in [2.24, 2.45) is 0 Å². The summed E-state index contributed by atoms with van der Waals surface area (Å²) in [5.74, 6) is 0. The predicted molar refractivity (Wildman–Crippen MR) is 118 cm³/mol. The number of oxazole rings is 1. The lowest BCUT2D eigenvalue weighted by Gasteiger charge is -2.31. The summed E-state index contributed by atoms with van der Waals surface area (Å²) in [6.07, 6.45) is 3.92. The van der Waals surface area contributed by atoms with Crippen molar-refractivity contribution in [2.75, 3.05) is 25.1 Å². The monoisotopic (exact) mass is 439 g/mol. The molecular weight excluding hydrogens is 418 g/mol. The van der Waals surface area contributed by atoms with Crippen LogP contribution in [0.15, 0.2) is 51.9 Å². The highest BCUT2D eigenvalue weighted by Crippen LogP contribution is 2.28. The van der Waals surface area contributed by atoms with Gasteiger partial charge in [-0.05, 0) is 48.2 Å². The maximum absolute atomic E-state index is 13.3. The van der Waals surface area contributed by atoms with Crippen LogP contribution in [0.25, 0.3) is 33.1 Å². The molecule has 10 heteroatoms. The lowest BCUT2D eigenvalue weighted by atomic mass is 10.0. The Labute approximate surface area is 178 Å². The molecule has 3 heterocycles. The second-order valence-electron chi connectivity index (χ2n) is 7.82. The Balaban J connectivity index is 1.51. The summed E-state index contributed by atoms with van der Waals surface area (Å²) in [6, 6.07) is 11.2. The minimum atomic E-state index is -3.22. The molecule has 160 valence electrons. The zero-order valence-corrected chi connectivity index (χ0v) is 17.7. The first-order valence-corrected chi connectivity index (χ1v) is 11.8. The average Bonchev–Trinajstić information content (AvgIpc) is 3.12. The lowest BCUT2D eigenvalue weighted by molar-refractivity contribution is 0.271. The van der Waals surface area contributed by atoms with Gasteiger partial charge in [-0.25, -0.2) is 17.7 Å². The van der Waals surface area contributed by atoms with Gasteiger partial charge in [0, 0.05) is 19.1 Å². The third-order valence-corrected chi connectivity index (χ3v) is 7.11. The molecule has 1 aliphatic rings. The van der Waals surface area contributed by atoms with Crippen molar-refractivity contribution in [2.45, 2.75) is 18.9 Å². The summed E-state index contributed by atoms with van der Waals surface area (Å²) in [7, 11) is -3.22. The highest BCUT2D eigenvalue weighted by Gasteiger charge is 2.26. The molecule has 0 saturated carbocycles. The average molecular weight is 439 g/mol. The van der Waals surface area contributed by atoms with Crippen molar-refractivity contribution in [3.8, 4) is 11.1 Å². The largest absolute Gasteiger partial charge is 0.424 e. The normalized spacial score (nSPS) is 16.3. The summed E-state index contributed by atoms with van der Waals surface area (Å²) in [5, 5.41) is 0.516. The first-order valence-electron chi connectivity index (χ1n) is 9.92. The fourth-order valence-corrected chi connectivity index (χ4v) is 5.02. The fraction of sp³-hybridized carbons (Fsp3) is 0.286. The van der Waals surface area contributed by atoms with Crippen LogP contribution in [0.1, 0.15) is 18.9 Å². The van der Waals surface area contributed by atoms with E-state index in [1.54, 1.807) is 10.9 Å². The van der Waals surface area contributed by atoms with Gasteiger partial charge in [0.05, 0.1) is 23.5 Å². The first kappa shape index (κ1) is 19.7. The summed E-state index contributed by atoms with van der Waals surface area (Å²) in [4.78, 5) is 21.8. The van der Waals surface area contributed by atoms with Crippen LogP contribution < -0.4 is 11.3 Å². The molecule has 0 atom stereocenters. The predicted octanol–water partition coefficient (Wildman–Crippen LogP) is 2.38. The van der Waals surface area contributed by atoms with E-state index in [0.717, 1.165) is 11.1 Å². The molecule has 0 bridgehead atoms. The van der Waals surface area contributed by atoms with Crippen LogP contribution in [0.4, 0.5) is 6.01 Å². The van der Waals surface area contributed by atoms with Gasteiger partial charge in [0.15, 0.2) is 5.58 Å². The van der Waals surface area contributed by atoms with Gasteiger partial charge in [-0.1, -0.05) is 12.1 Å². The molecule has 0 aliphatic carbocycles. The van der Waals surface area contributed by atoms with Gasteiger partial charge >= 0.3 is 0 Å². The molecule has 5 rings (SSSR count). The van der Waals surface area contributed by atoms with E-state index in [9.17, 15) is 13.2 Å². The van der Waals surface area contributed by atoms with E-state index in [-0.39, 0.29) is 17.6 Å². The van der Waals surface area contributed by atoms with Crippen molar-refractivity contribution in [1.82, 2.24) is 18.8 Å². The van der Waals surface area contributed by atoms with Gasteiger partial charge in [-0.3, -0.25) is 9.36 Å². The molecule has 9 nitrogen and oxygen atoms in total. The molecule has 2 aromatic heterocycles. The molecule has 0 radical (unpaired) electrons. The number of fused-ring (bicyclic) bond motifs is 2. The van der Waals surface area contributed by atoms with Gasteiger partial charge in [0.2, 0.25) is 10.0 Å². The summed E-state index contributed by atoms with van der Waals surface area (Å²) in [5.41, 5.74) is 9.10. The summed E-state index contributed by atoms with van der Waals surface area (Å²) in [6.45, 7) is 0.794. The van der Waals surface area contributed by atoms with Gasteiger partial charge < -0.3 is 10.2 Å². The second kappa shape index (κ2) is 7.17. The number of nitrogens with zero attached hydrogens (tertiary/aromatic N) is 4. The van der Waals surface area contributed by atoms with Crippen molar-refractivity contribution < 1.29 is 12.8 Å². The number of rotatable bonds is 3. The van der Waals surface area contributed by atoms with E-state index >= 15 is 0 Å². The van der Waals surface area contributed by atoms with Crippen molar-refractivity contribution >= 4 is 38.0 Å². The number of piperidine rings is 1. The second-order valence-corrected chi connectivity index (χ2v) is 9.80. The Hall–Kier alpha value is -3.24. The Morgan fingerprint density at radius 3 is 2.45 bits per heavy atom. The summed E-state index contributed by atoms with van der Waals surface area (Å²) < 4.78 is 32.0. The molecule has 4 aromatic rings. The molecule has 1 fully saturated rings. The minimum absolute atomic E-state index is 0.0837. The Bertz CT molecular complexity index is 1470. The molecule has 2 N–H and O–H groups in total. The quantitative estimate of drug-likeness (QED) is 0.520. The van der Waals surface area contributed by atoms with Crippen LogP contribution >= 0.6 is 0 Å². The standard InChI is InChI=1S/C21H21N5O4S/c1-31(28,29)25-8-6-15(7-9-25)26-12-23-17-4-2-13(10-16(17)20(26)27)14-3-5-18-19(11-14)30-21(22)24-18/h2-5,10-12,15H,6-9H2,1H3,(H2,22,24). The van der Waals surface area contributed by atoms with Gasteiger partial charge in [-0.2, -0.15) is 4.98 Å². The number of sulfonamides is 1. The third kappa shape index (κ3) is 3.57. The highest BCUT2D eigenvalue weighted by atomic mass is 32.2. The molecule has 1 aliphatic heterocycles. The number of hydrogen-bond acceptors (Lipinski definition) is 7. The maximum Gasteiger partial charge on any atom is 0.292 e. The lowest BCUT2D eigenvalue weighted by Crippen LogP contribution is -2.40. The van der Waals surface area contributed by atoms with E-state index in [0.29, 0.717) is 47.9 Å². The van der Waals surface area contributed by atoms with E-state index in [1.165, 1.54) is 10.6 Å². The van der Waals surface area contributed by atoms with Crippen LogP contribution in [-0.2, 0) is 10.0 Å². The van der Waals surface area contributed by atoms with Crippen LogP contribution in [0, 0.1) is 0 Å².